The first-order valence-electron chi connectivity index (χ1n) is 8.54. The lowest BCUT2D eigenvalue weighted by Gasteiger charge is -2.23. The first-order valence-corrected chi connectivity index (χ1v) is 8.54. The number of pyridine rings is 1. The maximum absolute atomic E-state index is 11.7. The highest BCUT2D eigenvalue weighted by molar-refractivity contribution is 5.73. The van der Waals surface area contributed by atoms with Crippen molar-refractivity contribution < 1.29 is 9.53 Å². The molecule has 0 saturated carbocycles. The summed E-state index contributed by atoms with van der Waals surface area (Å²) in [5, 5.41) is 0. The molecule has 4 heteroatoms. The summed E-state index contributed by atoms with van der Waals surface area (Å²) in [5.74, 6) is 1.03. The van der Waals surface area contributed by atoms with Crippen LogP contribution in [0.15, 0.2) is 42.6 Å². The number of rotatable bonds is 5. The first kappa shape index (κ1) is 16.5. The van der Waals surface area contributed by atoms with Gasteiger partial charge in [-0.15, -0.1) is 0 Å². The number of carbonyl (C=O) groups is 1. The number of carbonyl (C=O) groups excluding carboxylic acids is 1. The van der Waals surface area contributed by atoms with Crippen molar-refractivity contribution in [2.75, 3.05) is 13.7 Å². The zero-order chi connectivity index (χ0) is 16.9. The number of hydrogen-bond acceptors (Lipinski definition) is 3. The van der Waals surface area contributed by atoms with Crippen LogP contribution in [0.25, 0.3) is 11.3 Å². The van der Waals surface area contributed by atoms with Crippen LogP contribution in [0.4, 0.5) is 0 Å². The minimum absolute atomic E-state index is 0.196. The molecule has 24 heavy (non-hydrogen) atoms. The molecule has 0 bridgehead atoms. The Kier molecular flexibility index (Phi) is 5.14. The molecule has 1 aliphatic heterocycles. The molecular formula is C20H24N2O2. The lowest BCUT2D eigenvalue weighted by Crippen LogP contribution is -2.33. The van der Waals surface area contributed by atoms with E-state index in [4.69, 9.17) is 4.74 Å². The summed E-state index contributed by atoms with van der Waals surface area (Å²) in [6.45, 7) is 2.58. The molecule has 1 aliphatic rings. The van der Waals surface area contributed by atoms with Gasteiger partial charge in [-0.05, 0) is 55.5 Å². The largest absolute Gasteiger partial charge is 0.496 e. The van der Waals surface area contributed by atoms with Crippen molar-refractivity contribution in [3.8, 4) is 17.0 Å². The lowest BCUT2D eigenvalue weighted by atomic mass is 10.0. The van der Waals surface area contributed by atoms with Crippen LogP contribution in [-0.4, -0.2) is 35.5 Å². The number of amides is 1. The van der Waals surface area contributed by atoms with Crippen molar-refractivity contribution in [1.29, 1.82) is 0 Å². The average molecular weight is 324 g/mol. The fraction of sp³-hybridized carbons (Fsp3) is 0.400. The van der Waals surface area contributed by atoms with E-state index in [9.17, 15) is 4.79 Å². The van der Waals surface area contributed by atoms with Gasteiger partial charge in [-0.1, -0.05) is 12.1 Å². The van der Waals surface area contributed by atoms with Crippen LogP contribution in [-0.2, 0) is 11.2 Å². The van der Waals surface area contributed by atoms with E-state index in [0.717, 1.165) is 49.2 Å². The van der Waals surface area contributed by atoms with Crippen LogP contribution in [0.1, 0.15) is 31.7 Å². The van der Waals surface area contributed by atoms with Crippen molar-refractivity contribution in [2.24, 2.45) is 0 Å². The van der Waals surface area contributed by atoms with Gasteiger partial charge in [-0.25, -0.2) is 0 Å². The van der Waals surface area contributed by atoms with Crippen LogP contribution in [0.3, 0.4) is 0 Å². The maximum atomic E-state index is 11.7. The second-order valence-electron chi connectivity index (χ2n) is 6.30. The second kappa shape index (κ2) is 7.47. The molecule has 1 amide bonds. The molecule has 3 rings (SSSR count). The Hall–Kier alpha value is -2.36. The highest BCUT2D eigenvalue weighted by Gasteiger charge is 2.25. The molecule has 0 N–H and O–H groups in total. The molecule has 1 fully saturated rings. The van der Waals surface area contributed by atoms with Crippen molar-refractivity contribution in [1.82, 2.24) is 9.88 Å². The molecule has 1 aromatic heterocycles. The van der Waals surface area contributed by atoms with E-state index in [0.29, 0.717) is 6.04 Å². The fourth-order valence-electron chi connectivity index (χ4n) is 3.52. The van der Waals surface area contributed by atoms with Gasteiger partial charge in [0, 0.05) is 31.3 Å². The number of methoxy groups -OCH3 is 1. The van der Waals surface area contributed by atoms with E-state index in [2.05, 4.69) is 17.1 Å². The number of hydrogen-bond donors (Lipinski definition) is 0. The van der Waals surface area contributed by atoms with Crippen molar-refractivity contribution in [3.05, 3.63) is 48.2 Å². The summed E-state index contributed by atoms with van der Waals surface area (Å²) in [4.78, 5) is 18.2. The summed E-state index contributed by atoms with van der Waals surface area (Å²) in [6, 6.07) is 12.5. The van der Waals surface area contributed by atoms with E-state index in [1.54, 1.807) is 14.0 Å². The van der Waals surface area contributed by atoms with Crippen LogP contribution in [0.2, 0.25) is 0 Å². The zero-order valence-electron chi connectivity index (χ0n) is 14.4. The smallest absolute Gasteiger partial charge is 0.219 e. The predicted molar refractivity (Wildman–Crippen MR) is 95.0 cm³/mol. The van der Waals surface area contributed by atoms with Crippen LogP contribution in [0, 0.1) is 0 Å². The van der Waals surface area contributed by atoms with Crippen molar-refractivity contribution in [2.45, 2.75) is 38.6 Å². The Bertz CT molecular complexity index is 714. The Morgan fingerprint density at radius 3 is 2.96 bits per heavy atom. The lowest BCUT2D eigenvalue weighted by molar-refractivity contribution is -0.129. The third-order valence-corrected chi connectivity index (χ3v) is 4.76. The molecular weight excluding hydrogens is 300 g/mol. The number of likely N-dealkylation sites (tertiary alicyclic amines) is 1. The minimum Gasteiger partial charge on any atom is -0.496 e. The van der Waals surface area contributed by atoms with Gasteiger partial charge in [0.25, 0.3) is 0 Å². The molecule has 0 spiro atoms. The Labute approximate surface area is 143 Å². The average Bonchev–Trinajstić information content (AvgIpc) is 3.09. The van der Waals surface area contributed by atoms with Gasteiger partial charge in [0.05, 0.1) is 12.8 Å². The van der Waals surface area contributed by atoms with Crippen molar-refractivity contribution in [3.63, 3.8) is 0 Å². The standard InChI is InChI=1S/C20H24N2O2/c1-15(23)22-13-5-6-17(22)10-9-16-11-12-21-19(14-16)18-7-3-4-8-20(18)24-2/h3-4,7-8,11-12,14,17H,5-6,9-10,13H2,1-2H3/t17-/m0/s1. The Morgan fingerprint density at radius 2 is 2.17 bits per heavy atom. The quantitative estimate of drug-likeness (QED) is 0.842. The molecule has 4 nitrogen and oxygen atoms in total. The van der Waals surface area contributed by atoms with Crippen molar-refractivity contribution >= 4 is 5.91 Å². The summed E-state index contributed by atoms with van der Waals surface area (Å²) in [7, 11) is 1.68. The monoisotopic (exact) mass is 324 g/mol. The molecule has 0 aliphatic carbocycles. The SMILES string of the molecule is COc1ccccc1-c1cc(CC[C@@H]2CCCN2C(C)=O)ccn1. The summed E-state index contributed by atoms with van der Waals surface area (Å²) >= 11 is 0. The third kappa shape index (κ3) is 3.58. The maximum Gasteiger partial charge on any atom is 0.219 e. The van der Waals surface area contributed by atoms with Crippen LogP contribution in [0.5, 0.6) is 5.75 Å². The van der Waals surface area contributed by atoms with Crippen LogP contribution >= 0.6 is 0 Å². The van der Waals surface area contributed by atoms with Crippen LogP contribution < -0.4 is 4.74 Å². The van der Waals surface area contributed by atoms with Gasteiger partial charge < -0.3 is 9.64 Å². The topological polar surface area (TPSA) is 42.4 Å². The molecule has 2 heterocycles. The molecule has 126 valence electrons. The van der Waals surface area contributed by atoms with Gasteiger partial charge >= 0.3 is 0 Å². The summed E-state index contributed by atoms with van der Waals surface area (Å²) < 4.78 is 5.44. The van der Waals surface area contributed by atoms with E-state index < -0.39 is 0 Å². The van der Waals surface area contributed by atoms with E-state index >= 15 is 0 Å². The molecule has 1 atom stereocenters. The van der Waals surface area contributed by atoms with E-state index in [1.165, 1.54) is 5.56 Å². The summed E-state index contributed by atoms with van der Waals surface area (Å²) in [6.07, 6.45) is 6.06. The minimum atomic E-state index is 0.196. The van der Waals surface area contributed by atoms with Gasteiger partial charge in [0.15, 0.2) is 0 Å². The fourth-order valence-corrected chi connectivity index (χ4v) is 3.52. The summed E-state index contributed by atoms with van der Waals surface area (Å²) in [5.41, 5.74) is 3.19. The van der Waals surface area contributed by atoms with Gasteiger partial charge in [-0.2, -0.15) is 0 Å². The molecule has 0 radical (unpaired) electrons. The van der Waals surface area contributed by atoms with E-state index in [1.807, 2.05) is 35.4 Å². The second-order valence-corrected chi connectivity index (χ2v) is 6.30. The number of para-hydroxylation sites is 1. The number of aromatic nitrogens is 1. The normalized spacial score (nSPS) is 17.1. The number of aryl methyl sites for hydroxylation is 1. The van der Waals surface area contributed by atoms with Gasteiger partial charge in [0.2, 0.25) is 5.91 Å². The number of ether oxygens (including phenoxy) is 1. The highest BCUT2D eigenvalue weighted by Crippen LogP contribution is 2.29. The number of nitrogens with zero attached hydrogens (tertiary/aromatic N) is 2. The van der Waals surface area contributed by atoms with Gasteiger partial charge in [0.1, 0.15) is 5.75 Å². The Balaban J connectivity index is 1.73. The molecule has 1 saturated heterocycles. The zero-order valence-corrected chi connectivity index (χ0v) is 14.4. The van der Waals surface area contributed by atoms with E-state index in [-0.39, 0.29) is 5.91 Å². The predicted octanol–water partition coefficient (Wildman–Crippen LogP) is 3.70. The molecule has 1 aromatic carbocycles. The molecule has 2 aromatic rings. The van der Waals surface area contributed by atoms with Gasteiger partial charge in [-0.3, -0.25) is 9.78 Å². The third-order valence-electron chi connectivity index (χ3n) is 4.76. The molecule has 0 unspecified atom stereocenters. The number of benzene rings is 1. The first-order chi connectivity index (χ1) is 11.7. The Morgan fingerprint density at radius 1 is 1.33 bits per heavy atom. The highest BCUT2D eigenvalue weighted by atomic mass is 16.5.